The quantitative estimate of drug-likeness (QED) is 0.869. The number of hydrogen-bond donors (Lipinski definition) is 1. The van der Waals surface area contributed by atoms with E-state index in [2.05, 4.69) is 0 Å². The molecule has 17 heavy (non-hydrogen) atoms. The van der Waals surface area contributed by atoms with E-state index in [9.17, 15) is 13.2 Å². The van der Waals surface area contributed by atoms with Crippen molar-refractivity contribution in [3.05, 3.63) is 29.3 Å². The zero-order valence-electron chi connectivity index (χ0n) is 9.47. The molecule has 1 saturated carbocycles. The molecule has 0 radical (unpaired) electrons. The second kappa shape index (κ2) is 3.91. The van der Waals surface area contributed by atoms with Crippen LogP contribution in [0.1, 0.15) is 30.4 Å². The predicted molar refractivity (Wildman–Crippen MR) is 57.7 cm³/mol. The topological polar surface area (TPSA) is 35.2 Å². The summed E-state index contributed by atoms with van der Waals surface area (Å²) in [6.07, 6.45) is -1.77. The van der Waals surface area contributed by atoms with Gasteiger partial charge in [-0.3, -0.25) is 0 Å². The summed E-state index contributed by atoms with van der Waals surface area (Å²) in [5, 5.41) is 0. The van der Waals surface area contributed by atoms with Gasteiger partial charge in [-0.15, -0.1) is 0 Å². The van der Waals surface area contributed by atoms with Crippen LogP contribution in [-0.4, -0.2) is 7.11 Å². The first-order chi connectivity index (χ1) is 7.87. The van der Waals surface area contributed by atoms with E-state index < -0.39 is 17.3 Å². The molecule has 2 N–H and O–H groups in total. The number of nitrogens with two attached hydrogens (primary N) is 1. The summed E-state index contributed by atoms with van der Waals surface area (Å²) < 4.78 is 42.7. The van der Waals surface area contributed by atoms with E-state index in [1.54, 1.807) is 0 Å². The zero-order chi connectivity index (χ0) is 12.7. The van der Waals surface area contributed by atoms with Crippen LogP contribution in [0.2, 0.25) is 0 Å². The Bertz CT molecular complexity index is 424. The van der Waals surface area contributed by atoms with E-state index >= 15 is 0 Å². The molecule has 0 heterocycles. The van der Waals surface area contributed by atoms with Gasteiger partial charge in [0.05, 0.1) is 12.7 Å². The van der Waals surface area contributed by atoms with Gasteiger partial charge in [0.2, 0.25) is 0 Å². The third kappa shape index (κ3) is 2.11. The fraction of sp³-hybridized carbons (Fsp3) is 0.500. The van der Waals surface area contributed by atoms with Crippen molar-refractivity contribution < 1.29 is 17.9 Å². The highest BCUT2D eigenvalue weighted by atomic mass is 19.4. The standard InChI is InChI=1S/C12H14F3NO/c1-17-10-7-8(11(16)5-2-6-11)3-4-9(10)12(13,14)15/h3-4,7H,2,5-6,16H2,1H3. The van der Waals surface area contributed by atoms with Crippen molar-refractivity contribution in [2.45, 2.75) is 31.0 Å². The molecular formula is C12H14F3NO. The number of alkyl halides is 3. The summed E-state index contributed by atoms with van der Waals surface area (Å²) in [7, 11) is 1.23. The van der Waals surface area contributed by atoms with Gasteiger partial charge in [0.1, 0.15) is 5.75 Å². The molecule has 0 spiro atoms. The third-order valence-electron chi connectivity index (χ3n) is 3.33. The zero-order valence-corrected chi connectivity index (χ0v) is 9.47. The van der Waals surface area contributed by atoms with Gasteiger partial charge in [0.25, 0.3) is 0 Å². The Hall–Kier alpha value is -1.23. The fourth-order valence-corrected chi connectivity index (χ4v) is 2.08. The minimum atomic E-state index is -4.40. The summed E-state index contributed by atoms with van der Waals surface area (Å²) in [6.45, 7) is 0. The van der Waals surface area contributed by atoms with Crippen molar-refractivity contribution in [1.29, 1.82) is 0 Å². The lowest BCUT2D eigenvalue weighted by molar-refractivity contribution is -0.138. The van der Waals surface area contributed by atoms with Gasteiger partial charge >= 0.3 is 6.18 Å². The molecule has 1 aliphatic rings. The normalized spacial score (nSPS) is 18.6. The molecule has 1 fully saturated rings. The van der Waals surface area contributed by atoms with E-state index in [0.717, 1.165) is 25.3 Å². The van der Waals surface area contributed by atoms with Crippen molar-refractivity contribution in [2.24, 2.45) is 5.73 Å². The second-order valence-corrected chi connectivity index (χ2v) is 4.42. The lowest BCUT2D eigenvalue weighted by Gasteiger charge is -2.38. The monoisotopic (exact) mass is 245 g/mol. The Labute approximate surface area is 97.6 Å². The highest BCUT2D eigenvalue weighted by Crippen LogP contribution is 2.43. The molecular weight excluding hydrogens is 231 g/mol. The van der Waals surface area contributed by atoms with Crippen LogP contribution in [-0.2, 0) is 11.7 Å². The van der Waals surface area contributed by atoms with Crippen LogP contribution in [0.5, 0.6) is 5.75 Å². The van der Waals surface area contributed by atoms with Crippen LogP contribution >= 0.6 is 0 Å². The number of benzene rings is 1. The maximum atomic E-state index is 12.6. The van der Waals surface area contributed by atoms with Crippen molar-refractivity contribution in [3.63, 3.8) is 0 Å². The average molecular weight is 245 g/mol. The molecule has 2 nitrogen and oxygen atoms in total. The van der Waals surface area contributed by atoms with Crippen LogP contribution in [0.4, 0.5) is 13.2 Å². The van der Waals surface area contributed by atoms with Crippen LogP contribution in [0.15, 0.2) is 18.2 Å². The summed E-state index contributed by atoms with van der Waals surface area (Å²) in [5.41, 5.74) is 5.55. The molecule has 0 aromatic heterocycles. The Morgan fingerprint density at radius 3 is 2.35 bits per heavy atom. The number of halogens is 3. The number of ether oxygens (including phenoxy) is 1. The molecule has 0 aliphatic heterocycles. The lowest BCUT2D eigenvalue weighted by atomic mass is 9.72. The van der Waals surface area contributed by atoms with Gasteiger partial charge in [0.15, 0.2) is 0 Å². The van der Waals surface area contributed by atoms with E-state index in [4.69, 9.17) is 10.5 Å². The number of methoxy groups -OCH3 is 1. The molecule has 2 rings (SSSR count). The first-order valence-corrected chi connectivity index (χ1v) is 5.41. The van der Waals surface area contributed by atoms with Crippen molar-refractivity contribution in [2.75, 3.05) is 7.11 Å². The van der Waals surface area contributed by atoms with E-state index in [0.29, 0.717) is 5.56 Å². The maximum Gasteiger partial charge on any atom is 0.419 e. The molecule has 94 valence electrons. The van der Waals surface area contributed by atoms with Crippen LogP contribution in [0, 0.1) is 0 Å². The van der Waals surface area contributed by atoms with Gasteiger partial charge in [-0.2, -0.15) is 13.2 Å². The highest BCUT2D eigenvalue weighted by Gasteiger charge is 2.38. The average Bonchev–Trinajstić information content (AvgIpc) is 2.23. The fourth-order valence-electron chi connectivity index (χ4n) is 2.08. The van der Waals surface area contributed by atoms with Crippen molar-refractivity contribution >= 4 is 0 Å². The third-order valence-corrected chi connectivity index (χ3v) is 3.33. The molecule has 0 saturated heterocycles. The Morgan fingerprint density at radius 2 is 1.94 bits per heavy atom. The SMILES string of the molecule is COc1cc(C2(N)CCC2)ccc1C(F)(F)F. The van der Waals surface area contributed by atoms with E-state index in [-0.39, 0.29) is 5.75 Å². The second-order valence-electron chi connectivity index (χ2n) is 4.42. The number of rotatable bonds is 2. The van der Waals surface area contributed by atoms with Crippen molar-refractivity contribution in [1.82, 2.24) is 0 Å². The molecule has 5 heteroatoms. The molecule has 1 aliphatic carbocycles. The first kappa shape index (κ1) is 12.2. The van der Waals surface area contributed by atoms with Gasteiger partial charge in [0, 0.05) is 5.54 Å². The van der Waals surface area contributed by atoms with Gasteiger partial charge in [-0.1, -0.05) is 6.07 Å². The maximum absolute atomic E-state index is 12.6. The molecule has 1 aromatic carbocycles. The van der Waals surface area contributed by atoms with Gasteiger partial charge in [-0.25, -0.2) is 0 Å². The number of hydrogen-bond acceptors (Lipinski definition) is 2. The Balaban J connectivity index is 2.41. The van der Waals surface area contributed by atoms with Crippen molar-refractivity contribution in [3.8, 4) is 5.75 Å². The highest BCUT2D eigenvalue weighted by molar-refractivity contribution is 5.42. The largest absolute Gasteiger partial charge is 0.496 e. The first-order valence-electron chi connectivity index (χ1n) is 5.41. The van der Waals surface area contributed by atoms with Gasteiger partial charge < -0.3 is 10.5 Å². The van der Waals surface area contributed by atoms with Crippen LogP contribution in [0.3, 0.4) is 0 Å². The molecule has 1 aromatic rings. The molecule has 0 unspecified atom stereocenters. The van der Waals surface area contributed by atoms with Gasteiger partial charge in [-0.05, 0) is 37.0 Å². The summed E-state index contributed by atoms with van der Waals surface area (Å²) >= 11 is 0. The summed E-state index contributed by atoms with van der Waals surface area (Å²) in [5.74, 6) is -0.160. The smallest absolute Gasteiger partial charge is 0.419 e. The minimum absolute atomic E-state index is 0.160. The summed E-state index contributed by atoms with van der Waals surface area (Å²) in [4.78, 5) is 0. The lowest BCUT2D eigenvalue weighted by Crippen LogP contribution is -2.43. The predicted octanol–water partition coefficient (Wildman–Crippen LogP) is 3.05. The summed E-state index contributed by atoms with van der Waals surface area (Å²) in [6, 6.07) is 3.90. The Morgan fingerprint density at radius 1 is 1.29 bits per heavy atom. The van der Waals surface area contributed by atoms with Crippen LogP contribution < -0.4 is 10.5 Å². The minimum Gasteiger partial charge on any atom is -0.496 e. The molecule has 0 atom stereocenters. The van der Waals surface area contributed by atoms with E-state index in [1.807, 2.05) is 0 Å². The van der Waals surface area contributed by atoms with Crippen LogP contribution in [0.25, 0.3) is 0 Å². The Kier molecular flexibility index (Phi) is 2.81. The molecule has 0 amide bonds. The molecule has 0 bridgehead atoms. The van der Waals surface area contributed by atoms with E-state index in [1.165, 1.54) is 19.2 Å².